The average Bonchev–Trinajstić information content (AvgIpc) is 3.11. The molecule has 1 aromatic heterocycles. The Morgan fingerprint density at radius 2 is 2.11 bits per heavy atom. The van der Waals surface area contributed by atoms with Crippen molar-refractivity contribution < 1.29 is 39.1 Å². The molecule has 27 heavy (non-hydrogen) atoms. The number of rotatable bonds is 6. The molecule has 0 amide bonds. The van der Waals surface area contributed by atoms with Crippen molar-refractivity contribution in [3.05, 3.63) is 40.8 Å². The first-order valence-electron chi connectivity index (χ1n) is 7.29. The van der Waals surface area contributed by atoms with E-state index < -0.39 is 20.4 Å². The Labute approximate surface area is 159 Å². The molecule has 0 radical (unpaired) electrons. The second kappa shape index (κ2) is 10.2. The van der Waals surface area contributed by atoms with Gasteiger partial charge in [-0.2, -0.15) is 0 Å². The van der Waals surface area contributed by atoms with Gasteiger partial charge in [-0.25, -0.2) is 24.0 Å². The van der Waals surface area contributed by atoms with Crippen molar-refractivity contribution >= 4 is 25.7 Å². The first kappa shape index (κ1) is 21.1. The predicted molar refractivity (Wildman–Crippen MR) is 90.2 cm³/mol. The van der Waals surface area contributed by atoms with Crippen LogP contribution in [0.5, 0.6) is 11.5 Å². The summed E-state index contributed by atoms with van der Waals surface area (Å²) in [7, 11) is -3.04. The minimum atomic E-state index is -3.04. The van der Waals surface area contributed by atoms with Gasteiger partial charge in [0.25, 0.3) is 6.43 Å². The molecule has 13 heteroatoms. The van der Waals surface area contributed by atoms with Crippen molar-refractivity contribution in [1.82, 2.24) is 9.97 Å². The van der Waals surface area contributed by atoms with Crippen LogP contribution in [0, 0.1) is 0 Å². The van der Waals surface area contributed by atoms with E-state index in [1.54, 1.807) is 0 Å². The van der Waals surface area contributed by atoms with Gasteiger partial charge >= 0.3 is 8.25 Å². The van der Waals surface area contributed by atoms with Crippen molar-refractivity contribution in [2.45, 2.75) is 12.8 Å². The molecule has 0 spiro atoms. The van der Waals surface area contributed by atoms with Crippen molar-refractivity contribution in [2.24, 2.45) is 0 Å². The smallest absolute Gasteiger partial charge is 0.521 e. The number of anilines is 1. The molecule has 1 aromatic carbocycles. The van der Waals surface area contributed by atoms with Gasteiger partial charge in [0.1, 0.15) is 22.9 Å². The van der Waals surface area contributed by atoms with Crippen molar-refractivity contribution in [3.63, 3.8) is 0 Å². The van der Waals surface area contributed by atoms with E-state index in [0.29, 0.717) is 18.7 Å². The summed E-state index contributed by atoms with van der Waals surface area (Å²) in [6.45, 7) is 0.711. The van der Waals surface area contributed by atoms with Crippen molar-refractivity contribution in [2.75, 3.05) is 18.7 Å². The van der Waals surface area contributed by atoms with Crippen molar-refractivity contribution in [1.29, 1.82) is 0 Å². The number of nitrogens with one attached hydrogen (secondary N) is 1. The number of aromatic nitrogens is 2. The summed E-state index contributed by atoms with van der Waals surface area (Å²) >= 11 is 5.86. The SMILES string of the molecule is FC(F)c1ncnc(NCCc2ccc3c(c2)OCO3)c1Cl.O=[P+]([O-])OO.[HH]. The molecule has 0 saturated carbocycles. The molecule has 1 aliphatic rings. The summed E-state index contributed by atoms with van der Waals surface area (Å²) < 4.78 is 47.6. The Hall–Kier alpha value is -2.17. The highest BCUT2D eigenvalue weighted by Gasteiger charge is 2.17. The highest BCUT2D eigenvalue weighted by molar-refractivity contribution is 7.30. The molecule has 9 nitrogen and oxygen atoms in total. The zero-order valence-electron chi connectivity index (χ0n) is 13.5. The third-order valence-electron chi connectivity index (χ3n) is 3.23. The maximum atomic E-state index is 12.7. The van der Waals surface area contributed by atoms with E-state index in [1.807, 2.05) is 18.2 Å². The van der Waals surface area contributed by atoms with Crippen LogP contribution < -0.4 is 19.7 Å². The fraction of sp³-hybridized carbons (Fsp3) is 0.286. The third kappa shape index (κ3) is 6.19. The van der Waals surface area contributed by atoms with Crippen LogP contribution in [0.2, 0.25) is 5.02 Å². The summed E-state index contributed by atoms with van der Waals surface area (Å²) in [5.41, 5.74) is 0.554. The molecule has 1 unspecified atom stereocenters. The van der Waals surface area contributed by atoms with Crippen LogP contribution >= 0.6 is 19.9 Å². The van der Waals surface area contributed by atoms with E-state index in [4.69, 9.17) is 35.8 Å². The standard InChI is InChI=1S/C14H12ClF2N3O2.HO4P.H2/c15-11-12(13(16)17)19-6-20-14(11)18-4-3-8-1-2-9-10(5-8)22-7-21-9;1-4-5(2)3;/h1-2,5-6,13H,3-4,7H2,(H,18,19,20);1H;1H. The van der Waals surface area contributed by atoms with Gasteiger partial charge in [-0.15, -0.1) is 0 Å². The van der Waals surface area contributed by atoms with Gasteiger partial charge in [0, 0.05) is 12.6 Å². The van der Waals surface area contributed by atoms with Crippen LogP contribution in [0.3, 0.4) is 0 Å². The summed E-state index contributed by atoms with van der Waals surface area (Å²) in [4.78, 5) is 16.3. The number of halogens is 3. The second-order valence-electron chi connectivity index (χ2n) is 4.89. The molecule has 2 N–H and O–H groups in total. The van der Waals surface area contributed by atoms with E-state index >= 15 is 0 Å². The lowest BCUT2D eigenvalue weighted by Crippen LogP contribution is -2.08. The molecule has 0 saturated heterocycles. The maximum Gasteiger partial charge on any atom is 0.521 e. The number of nitrogens with zero attached hydrogens (tertiary/aromatic N) is 2. The minimum Gasteiger partial charge on any atom is -0.565 e. The Morgan fingerprint density at radius 1 is 1.41 bits per heavy atom. The number of benzene rings is 1. The lowest BCUT2D eigenvalue weighted by Gasteiger charge is -2.09. The fourth-order valence-corrected chi connectivity index (χ4v) is 2.33. The molecule has 2 heterocycles. The zero-order valence-corrected chi connectivity index (χ0v) is 15.1. The van der Waals surface area contributed by atoms with Crippen LogP contribution in [-0.4, -0.2) is 28.6 Å². The van der Waals surface area contributed by atoms with Gasteiger partial charge in [0.05, 0.1) is 0 Å². The third-order valence-corrected chi connectivity index (χ3v) is 3.74. The van der Waals surface area contributed by atoms with Crippen LogP contribution in [0.1, 0.15) is 19.1 Å². The molecular formula is C14H15ClF2N3O6P. The van der Waals surface area contributed by atoms with E-state index in [-0.39, 0.29) is 19.1 Å². The molecule has 0 fully saturated rings. The molecule has 0 aliphatic carbocycles. The molecule has 1 atom stereocenters. The number of fused-ring (bicyclic) bond motifs is 1. The normalized spacial score (nSPS) is 12.4. The fourth-order valence-electron chi connectivity index (χ4n) is 2.08. The van der Waals surface area contributed by atoms with Gasteiger partial charge < -0.3 is 19.7 Å². The molecule has 0 bridgehead atoms. The summed E-state index contributed by atoms with van der Waals surface area (Å²) in [5, 5.41) is 9.83. The van der Waals surface area contributed by atoms with Gasteiger partial charge in [-0.1, -0.05) is 17.7 Å². The quantitative estimate of drug-likeness (QED) is 0.407. The molecule has 2 aromatic rings. The summed E-state index contributed by atoms with van der Waals surface area (Å²) in [5.74, 6) is 1.63. The Morgan fingerprint density at radius 3 is 2.78 bits per heavy atom. The van der Waals surface area contributed by atoms with Gasteiger partial charge in [0.15, 0.2) is 11.5 Å². The van der Waals surface area contributed by atoms with E-state index in [9.17, 15) is 8.78 Å². The predicted octanol–water partition coefficient (Wildman–Crippen LogP) is 3.19. The van der Waals surface area contributed by atoms with Crippen LogP contribution in [0.25, 0.3) is 0 Å². The number of hydrogen-bond donors (Lipinski definition) is 2. The van der Waals surface area contributed by atoms with E-state index in [2.05, 4.69) is 20.0 Å². The lowest BCUT2D eigenvalue weighted by atomic mass is 10.1. The summed E-state index contributed by atoms with van der Waals surface area (Å²) in [6, 6.07) is 5.64. The maximum absolute atomic E-state index is 12.7. The number of hydrogen-bond acceptors (Lipinski definition) is 9. The van der Waals surface area contributed by atoms with Crippen LogP contribution in [0.4, 0.5) is 14.6 Å². The Balaban J connectivity index is 0.000000584. The first-order valence-corrected chi connectivity index (χ1v) is 8.76. The molecule has 3 rings (SSSR count). The number of alkyl halides is 2. The summed E-state index contributed by atoms with van der Waals surface area (Å²) in [6.07, 6.45) is -1.01. The first-order chi connectivity index (χ1) is 12.9. The lowest BCUT2D eigenvalue weighted by molar-refractivity contribution is -0.244. The highest BCUT2D eigenvalue weighted by atomic mass is 35.5. The van der Waals surface area contributed by atoms with E-state index in [1.165, 1.54) is 0 Å². The molecule has 1 aliphatic heterocycles. The zero-order chi connectivity index (χ0) is 19.8. The molecular weight excluding hydrogens is 411 g/mol. The van der Waals surface area contributed by atoms with Gasteiger partial charge in [-0.05, 0) is 28.7 Å². The monoisotopic (exact) mass is 425 g/mol. The Bertz CT molecular complexity index is 808. The van der Waals surface area contributed by atoms with Gasteiger partial charge in [-0.3, -0.25) is 0 Å². The largest absolute Gasteiger partial charge is 0.565 e. The van der Waals surface area contributed by atoms with Gasteiger partial charge in [0.2, 0.25) is 6.79 Å². The van der Waals surface area contributed by atoms with Crippen molar-refractivity contribution in [3.8, 4) is 11.5 Å². The average molecular weight is 426 g/mol. The topological polar surface area (TPSA) is 126 Å². The van der Waals surface area contributed by atoms with Crippen LogP contribution in [0.15, 0.2) is 24.5 Å². The van der Waals surface area contributed by atoms with E-state index in [0.717, 1.165) is 17.6 Å². The molecule has 148 valence electrons. The number of ether oxygens (including phenoxy) is 2. The van der Waals surface area contributed by atoms with Crippen LogP contribution in [-0.2, 0) is 15.7 Å². The highest BCUT2D eigenvalue weighted by Crippen LogP contribution is 2.33. The Kier molecular flexibility index (Phi) is 8.01. The second-order valence-corrected chi connectivity index (χ2v) is 5.88. The minimum absolute atomic E-state index is 0.